The molecule has 2 aromatic heterocycles. The van der Waals surface area contributed by atoms with Gasteiger partial charge in [-0.3, -0.25) is 9.78 Å². The molecule has 0 saturated heterocycles. The van der Waals surface area contributed by atoms with Crippen LogP contribution in [-0.4, -0.2) is 19.6 Å². The standard InChI is InChI=1S/C5H6N6O/c6-2-3(7)11-5(8-1-9-11)10-4(2)12/h1H,6-7H2,(H,8,9,10,12). The third-order valence-electron chi connectivity index (χ3n) is 1.52. The van der Waals surface area contributed by atoms with Crippen molar-refractivity contribution in [2.45, 2.75) is 0 Å². The van der Waals surface area contributed by atoms with Gasteiger partial charge in [0.15, 0.2) is 5.82 Å². The van der Waals surface area contributed by atoms with E-state index in [1.807, 2.05) is 0 Å². The molecule has 2 aromatic rings. The number of fused-ring (bicyclic) bond motifs is 1. The summed E-state index contributed by atoms with van der Waals surface area (Å²) in [5.74, 6) is 0.387. The number of rotatable bonds is 0. The number of nitrogens with zero attached hydrogens (tertiary/aromatic N) is 3. The summed E-state index contributed by atoms with van der Waals surface area (Å²) in [4.78, 5) is 17.2. The van der Waals surface area contributed by atoms with Gasteiger partial charge < -0.3 is 11.5 Å². The highest BCUT2D eigenvalue weighted by molar-refractivity contribution is 5.59. The summed E-state index contributed by atoms with van der Waals surface area (Å²) >= 11 is 0. The fraction of sp³-hybridized carbons (Fsp3) is 0. The molecule has 0 amide bonds. The molecule has 2 rings (SSSR count). The van der Waals surface area contributed by atoms with Crippen LogP contribution in [0.5, 0.6) is 0 Å². The van der Waals surface area contributed by atoms with Crippen molar-refractivity contribution >= 4 is 17.3 Å². The van der Waals surface area contributed by atoms with Gasteiger partial charge in [0.2, 0.25) is 5.78 Å². The van der Waals surface area contributed by atoms with Crippen molar-refractivity contribution < 1.29 is 0 Å². The predicted molar refractivity (Wildman–Crippen MR) is 42.4 cm³/mol. The molecule has 0 aromatic carbocycles. The Labute approximate surface area is 66.0 Å². The predicted octanol–water partition coefficient (Wildman–Crippen LogP) is -1.42. The summed E-state index contributed by atoms with van der Waals surface area (Å²) in [7, 11) is 0. The van der Waals surface area contributed by atoms with Crippen LogP contribution in [-0.2, 0) is 0 Å². The first-order valence-electron chi connectivity index (χ1n) is 3.17. The largest absolute Gasteiger partial charge is 0.391 e. The van der Waals surface area contributed by atoms with Crippen LogP contribution in [0.2, 0.25) is 0 Å². The molecule has 0 atom stereocenters. The van der Waals surface area contributed by atoms with Crippen molar-refractivity contribution in [1.82, 2.24) is 19.6 Å². The van der Waals surface area contributed by atoms with Gasteiger partial charge in [0.05, 0.1) is 0 Å². The van der Waals surface area contributed by atoms with E-state index in [2.05, 4.69) is 15.1 Å². The molecule has 62 valence electrons. The average molecular weight is 166 g/mol. The van der Waals surface area contributed by atoms with Crippen LogP contribution in [0.4, 0.5) is 11.5 Å². The van der Waals surface area contributed by atoms with Crippen molar-refractivity contribution in [1.29, 1.82) is 0 Å². The van der Waals surface area contributed by atoms with Gasteiger partial charge in [0, 0.05) is 0 Å². The Balaban J connectivity index is 3.04. The van der Waals surface area contributed by atoms with E-state index in [4.69, 9.17) is 11.5 Å². The van der Waals surface area contributed by atoms with Gasteiger partial charge in [-0.25, -0.2) is 0 Å². The number of aromatic amines is 1. The normalized spacial score (nSPS) is 10.7. The second-order valence-electron chi connectivity index (χ2n) is 2.25. The Morgan fingerprint density at radius 1 is 1.50 bits per heavy atom. The number of nitrogens with one attached hydrogen (secondary N) is 1. The first-order valence-corrected chi connectivity index (χ1v) is 3.17. The smallest absolute Gasteiger partial charge is 0.277 e. The van der Waals surface area contributed by atoms with Gasteiger partial charge in [-0.15, -0.1) is 0 Å². The van der Waals surface area contributed by atoms with E-state index >= 15 is 0 Å². The summed E-state index contributed by atoms with van der Waals surface area (Å²) < 4.78 is 1.26. The molecule has 0 aliphatic carbocycles. The molecule has 5 N–H and O–H groups in total. The number of aromatic nitrogens is 4. The Hall–Kier alpha value is -2.05. The summed E-state index contributed by atoms with van der Waals surface area (Å²) in [6.07, 6.45) is 1.28. The molecule has 0 bridgehead atoms. The van der Waals surface area contributed by atoms with Crippen molar-refractivity contribution in [3.05, 3.63) is 16.7 Å². The highest BCUT2D eigenvalue weighted by Gasteiger charge is 2.06. The third-order valence-corrected chi connectivity index (χ3v) is 1.52. The lowest BCUT2D eigenvalue weighted by molar-refractivity contribution is 0.947. The summed E-state index contributed by atoms with van der Waals surface area (Å²) in [6, 6.07) is 0. The molecule has 0 spiro atoms. The first-order chi connectivity index (χ1) is 5.70. The van der Waals surface area contributed by atoms with Crippen LogP contribution in [0.25, 0.3) is 5.78 Å². The molecular formula is C5H6N6O. The molecule has 0 saturated carbocycles. The first kappa shape index (κ1) is 6.65. The molecule has 0 unspecified atom stereocenters. The Morgan fingerprint density at radius 3 is 3.00 bits per heavy atom. The highest BCUT2D eigenvalue weighted by Crippen LogP contribution is 2.06. The van der Waals surface area contributed by atoms with Crippen LogP contribution in [0.1, 0.15) is 0 Å². The lowest BCUT2D eigenvalue weighted by Crippen LogP contribution is -2.18. The zero-order valence-corrected chi connectivity index (χ0v) is 5.98. The zero-order chi connectivity index (χ0) is 8.72. The fourth-order valence-electron chi connectivity index (χ4n) is 0.902. The number of H-pyrrole nitrogens is 1. The zero-order valence-electron chi connectivity index (χ0n) is 5.98. The Morgan fingerprint density at radius 2 is 2.25 bits per heavy atom. The molecule has 12 heavy (non-hydrogen) atoms. The number of nitrogens with two attached hydrogens (primary N) is 2. The lowest BCUT2D eigenvalue weighted by atomic mass is 10.5. The van der Waals surface area contributed by atoms with Crippen LogP contribution >= 0.6 is 0 Å². The van der Waals surface area contributed by atoms with Crippen molar-refractivity contribution in [2.75, 3.05) is 11.5 Å². The minimum absolute atomic E-state index is 0.0481. The van der Waals surface area contributed by atoms with E-state index in [-0.39, 0.29) is 17.3 Å². The SMILES string of the molecule is Nc1c(N)n2ncnc2[nH]c1=O. The molecule has 2 heterocycles. The quantitative estimate of drug-likeness (QED) is 0.444. The summed E-state index contributed by atoms with van der Waals surface area (Å²) in [5, 5.41) is 3.75. The van der Waals surface area contributed by atoms with Gasteiger partial charge in [-0.1, -0.05) is 0 Å². The second kappa shape index (κ2) is 1.97. The Bertz CT molecular complexity index is 482. The van der Waals surface area contributed by atoms with E-state index in [0.29, 0.717) is 0 Å². The molecular weight excluding hydrogens is 160 g/mol. The Kier molecular flexibility index (Phi) is 1.09. The molecule has 0 aliphatic heterocycles. The van der Waals surface area contributed by atoms with E-state index in [0.717, 1.165) is 0 Å². The van der Waals surface area contributed by atoms with E-state index < -0.39 is 5.56 Å². The minimum atomic E-state index is -0.451. The van der Waals surface area contributed by atoms with Crippen LogP contribution < -0.4 is 17.0 Å². The highest BCUT2D eigenvalue weighted by atomic mass is 16.1. The summed E-state index contributed by atoms with van der Waals surface area (Å²) in [6.45, 7) is 0. The monoisotopic (exact) mass is 166 g/mol. The van der Waals surface area contributed by atoms with Gasteiger partial charge >= 0.3 is 0 Å². The lowest BCUT2D eigenvalue weighted by Gasteiger charge is -1.99. The fourth-order valence-corrected chi connectivity index (χ4v) is 0.902. The minimum Gasteiger partial charge on any atom is -0.391 e. The van der Waals surface area contributed by atoms with Gasteiger partial charge in [0.25, 0.3) is 5.56 Å². The van der Waals surface area contributed by atoms with Crippen molar-refractivity contribution in [3.63, 3.8) is 0 Å². The van der Waals surface area contributed by atoms with Gasteiger partial charge in [-0.05, 0) is 0 Å². The molecule has 7 heteroatoms. The van der Waals surface area contributed by atoms with E-state index in [1.54, 1.807) is 0 Å². The maximum Gasteiger partial charge on any atom is 0.277 e. The van der Waals surface area contributed by atoms with Crippen LogP contribution in [0.15, 0.2) is 11.1 Å². The summed E-state index contributed by atoms with van der Waals surface area (Å²) in [5.41, 5.74) is 10.3. The third kappa shape index (κ3) is 0.669. The van der Waals surface area contributed by atoms with Crippen LogP contribution in [0.3, 0.4) is 0 Å². The molecule has 0 fully saturated rings. The number of nitrogen functional groups attached to an aromatic ring is 2. The number of hydrogen-bond acceptors (Lipinski definition) is 5. The molecule has 7 nitrogen and oxygen atoms in total. The maximum absolute atomic E-state index is 11.0. The second-order valence-corrected chi connectivity index (χ2v) is 2.25. The topological polar surface area (TPSA) is 115 Å². The van der Waals surface area contributed by atoms with Gasteiger partial charge in [0.1, 0.15) is 12.0 Å². The molecule has 0 aliphatic rings. The number of anilines is 2. The van der Waals surface area contributed by atoms with Gasteiger partial charge in [-0.2, -0.15) is 14.6 Å². The molecule has 0 radical (unpaired) electrons. The number of hydrogen-bond donors (Lipinski definition) is 3. The van der Waals surface area contributed by atoms with E-state index in [1.165, 1.54) is 10.8 Å². The van der Waals surface area contributed by atoms with Crippen LogP contribution in [0, 0.1) is 0 Å². The van der Waals surface area contributed by atoms with Crippen molar-refractivity contribution in [3.8, 4) is 0 Å². The maximum atomic E-state index is 11.0. The van der Waals surface area contributed by atoms with E-state index in [9.17, 15) is 4.79 Å². The van der Waals surface area contributed by atoms with Crippen molar-refractivity contribution in [2.24, 2.45) is 0 Å². The average Bonchev–Trinajstić information content (AvgIpc) is 2.48.